The molecule has 1 aromatic rings. The Balaban J connectivity index is 2.40. The maximum atomic E-state index is 11.3. The van der Waals surface area contributed by atoms with Crippen LogP contribution in [-0.4, -0.2) is 41.2 Å². The van der Waals surface area contributed by atoms with E-state index in [0.717, 1.165) is 0 Å². The van der Waals surface area contributed by atoms with E-state index in [9.17, 15) is 4.79 Å². The van der Waals surface area contributed by atoms with Crippen molar-refractivity contribution in [3.63, 3.8) is 0 Å². The normalized spacial score (nSPS) is 10.0. The summed E-state index contributed by atoms with van der Waals surface area (Å²) in [5.74, 6) is -0.231. The van der Waals surface area contributed by atoms with E-state index in [0.29, 0.717) is 18.8 Å². The van der Waals surface area contributed by atoms with Crippen LogP contribution in [-0.2, 0) is 11.8 Å². The molecule has 0 unspecified atom stereocenters. The van der Waals surface area contributed by atoms with Crippen molar-refractivity contribution in [3.05, 3.63) is 11.9 Å². The van der Waals surface area contributed by atoms with E-state index in [-0.39, 0.29) is 5.91 Å². The van der Waals surface area contributed by atoms with Crippen molar-refractivity contribution in [1.82, 2.24) is 20.3 Å². The Hall–Kier alpha value is -1.43. The molecule has 1 heterocycles. The van der Waals surface area contributed by atoms with Crippen LogP contribution in [0, 0.1) is 0 Å². The topological polar surface area (TPSA) is 69.0 Å². The minimum absolute atomic E-state index is 0.231. The molecule has 1 amide bonds. The fraction of sp³-hybridized carbons (Fsp3) is 0.571. The lowest BCUT2D eigenvalue weighted by molar-refractivity contribution is 0.0931. The van der Waals surface area contributed by atoms with Gasteiger partial charge in [-0.25, -0.2) is 0 Å². The van der Waals surface area contributed by atoms with Crippen LogP contribution in [0.15, 0.2) is 6.20 Å². The van der Waals surface area contributed by atoms with Crippen molar-refractivity contribution < 1.29 is 9.53 Å². The molecule has 6 heteroatoms. The summed E-state index contributed by atoms with van der Waals surface area (Å²) in [6.07, 6.45) is 1.42. The third-order valence-corrected chi connectivity index (χ3v) is 1.42. The average molecular weight is 184 g/mol. The third-order valence-electron chi connectivity index (χ3n) is 1.42. The van der Waals surface area contributed by atoms with E-state index in [1.165, 1.54) is 11.0 Å². The maximum Gasteiger partial charge on any atom is 0.273 e. The summed E-state index contributed by atoms with van der Waals surface area (Å²) in [7, 11) is 3.24. The Morgan fingerprint density at radius 3 is 3.08 bits per heavy atom. The van der Waals surface area contributed by atoms with E-state index in [4.69, 9.17) is 4.74 Å². The van der Waals surface area contributed by atoms with Crippen molar-refractivity contribution in [2.24, 2.45) is 7.05 Å². The van der Waals surface area contributed by atoms with Gasteiger partial charge in [0.1, 0.15) is 0 Å². The summed E-state index contributed by atoms with van der Waals surface area (Å²) in [5, 5.41) is 10.3. The minimum atomic E-state index is -0.231. The first-order chi connectivity index (χ1) is 6.24. The van der Waals surface area contributed by atoms with Crippen LogP contribution in [0.1, 0.15) is 10.5 Å². The number of nitrogens with zero attached hydrogens (tertiary/aromatic N) is 3. The summed E-state index contributed by atoms with van der Waals surface area (Å²) < 4.78 is 4.78. The number of aromatic nitrogens is 3. The second kappa shape index (κ2) is 4.56. The number of aryl methyl sites for hydroxylation is 1. The van der Waals surface area contributed by atoms with Crippen molar-refractivity contribution in [3.8, 4) is 0 Å². The molecule has 0 spiro atoms. The van der Waals surface area contributed by atoms with Crippen LogP contribution in [0.25, 0.3) is 0 Å². The predicted octanol–water partition coefficient (Wildman–Crippen LogP) is -0.809. The Morgan fingerprint density at radius 2 is 2.54 bits per heavy atom. The van der Waals surface area contributed by atoms with Crippen molar-refractivity contribution in [2.45, 2.75) is 0 Å². The molecule has 6 nitrogen and oxygen atoms in total. The predicted molar refractivity (Wildman–Crippen MR) is 45.2 cm³/mol. The van der Waals surface area contributed by atoms with Gasteiger partial charge in [-0.3, -0.25) is 4.79 Å². The van der Waals surface area contributed by atoms with Crippen LogP contribution in [0.2, 0.25) is 0 Å². The molecule has 0 aliphatic rings. The monoisotopic (exact) mass is 184 g/mol. The van der Waals surface area contributed by atoms with Crippen LogP contribution in [0.5, 0.6) is 0 Å². The summed E-state index contributed by atoms with van der Waals surface area (Å²) >= 11 is 0. The molecular weight excluding hydrogens is 172 g/mol. The van der Waals surface area contributed by atoms with Gasteiger partial charge in [-0.05, 0) is 0 Å². The summed E-state index contributed by atoms with van der Waals surface area (Å²) in [6.45, 7) is 0.970. The highest BCUT2D eigenvalue weighted by molar-refractivity contribution is 5.91. The molecule has 0 bridgehead atoms. The molecule has 0 aliphatic heterocycles. The molecule has 1 rings (SSSR count). The molecule has 1 aromatic heterocycles. The van der Waals surface area contributed by atoms with Crippen LogP contribution in [0.4, 0.5) is 0 Å². The molecule has 0 fully saturated rings. The number of ether oxygens (including phenoxy) is 1. The van der Waals surface area contributed by atoms with Crippen LogP contribution < -0.4 is 5.32 Å². The maximum absolute atomic E-state index is 11.3. The summed E-state index contributed by atoms with van der Waals surface area (Å²) in [5.41, 5.74) is 0.318. The molecule has 0 atom stereocenters. The quantitative estimate of drug-likeness (QED) is 0.621. The number of carbonyl (C=O) groups excluding carboxylic acids is 1. The molecule has 0 aliphatic carbocycles. The zero-order valence-electron chi connectivity index (χ0n) is 7.65. The number of hydrogen-bond donors (Lipinski definition) is 1. The Morgan fingerprint density at radius 1 is 1.77 bits per heavy atom. The van der Waals surface area contributed by atoms with E-state index < -0.39 is 0 Å². The number of rotatable bonds is 4. The lowest BCUT2D eigenvalue weighted by atomic mass is 10.4. The van der Waals surface area contributed by atoms with Gasteiger partial charge in [0.2, 0.25) is 0 Å². The van der Waals surface area contributed by atoms with Crippen molar-refractivity contribution in [1.29, 1.82) is 0 Å². The molecule has 0 radical (unpaired) electrons. The number of carbonyl (C=O) groups is 1. The molecule has 72 valence electrons. The zero-order valence-corrected chi connectivity index (χ0v) is 7.65. The largest absolute Gasteiger partial charge is 0.383 e. The summed E-state index contributed by atoms with van der Waals surface area (Å²) in [4.78, 5) is 12.6. The number of amides is 1. The van der Waals surface area contributed by atoms with Crippen molar-refractivity contribution in [2.75, 3.05) is 20.3 Å². The van der Waals surface area contributed by atoms with Gasteiger partial charge in [-0.1, -0.05) is 0 Å². The van der Waals surface area contributed by atoms with Crippen LogP contribution in [0.3, 0.4) is 0 Å². The number of nitrogens with one attached hydrogen (secondary N) is 1. The van der Waals surface area contributed by atoms with Gasteiger partial charge in [0.05, 0.1) is 12.8 Å². The van der Waals surface area contributed by atoms with E-state index in [1.54, 1.807) is 14.2 Å². The SMILES string of the molecule is COCCNC(=O)c1cnn(C)n1. The van der Waals surface area contributed by atoms with E-state index >= 15 is 0 Å². The number of hydrogen-bond acceptors (Lipinski definition) is 4. The van der Waals surface area contributed by atoms with Crippen molar-refractivity contribution >= 4 is 5.91 Å². The van der Waals surface area contributed by atoms with Gasteiger partial charge in [-0.15, -0.1) is 5.10 Å². The Bertz CT molecular complexity index is 284. The highest BCUT2D eigenvalue weighted by Gasteiger charge is 2.07. The third kappa shape index (κ3) is 2.83. The standard InChI is InChI=1S/C7H12N4O2/c1-11-9-5-6(10-11)7(12)8-3-4-13-2/h5H,3-4H2,1-2H3,(H,8,12). The molecule has 13 heavy (non-hydrogen) atoms. The highest BCUT2D eigenvalue weighted by Crippen LogP contribution is 1.88. The lowest BCUT2D eigenvalue weighted by Crippen LogP contribution is -2.27. The van der Waals surface area contributed by atoms with E-state index in [1.807, 2.05) is 0 Å². The zero-order chi connectivity index (χ0) is 9.68. The average Bonchev–Trinajstić information content (AvgIpc) is 2.52. The van der Waals surface area contributed by atoms with Gasteiger partial charge in [0.15, 0.2) is 5.69 Å². The minimum Gasteiger partial charge on any atom is -0.383 e. The first kappa shape index (κ1) is 9.66. The van der Waals surface area contributed by atoms with Crippen LogP contribution >= 0.6 is 0 Å². The molecule has 0 saturated carbocycles. The molecule has 0 saturated heterocycles. The van der Waals surface area contributed by atoms with Gasteiger partial charge >= 0.3 is 0 Å². The van der Waals surface area contributed by atoms with Gasteiger partial charge in [-0.2, -0.15) is 9.90 Å². The fourth-order valence-corrected chi connectivity index (χ4v) is 0.807. The second-order valence-electron chi connectivity index (χ2n) is 2.47. The number of methoxy groups -OCH3 is 1. The van der Waals surface area contributed by atoms with Gasteiger partial charge in [0.25, 0.3) is 5.91 Å². The smallest absolute Gasteiger partial charge is 0.273 e. The first-order valence-corrected chi connectivity index (χ1v) is 3.87. The van der Waals surface area contributed by atoms with E-state index in [2.05, 4.69) is 15.5 Å². The molecule has 1 N–H and O–H groups in total. The summed E-state index contributed by atoms with van der Waals surface area (Å²) in [6, 6.07) is 0. The highest BCUT2D eigenvalue weighted by atomic mass is 16.5. The molecular formula is C7H12N4O2. The first-order valence-electron chi connectivity index (χ1n) is 3.87. The Kier molecular flexibility index (Phi) is 3.39. The lowest BCUT2D eigenvalue weighted by Gasteiger charge is -2.00. The fourth-order valence-electron chi connectivity index (χ4n) is 0.807. The Labute approximate surface area is 75.9 Å². The molecule has 0 aromatic carbocycles. The van der Waals surface area contributed by atoms with Gasteiger partial charge < -0.3 is 10.1 Å². The second-order valence-corrected chi connectivity index (χ2v) is 2.47. The van der Waals surface area contributed by atoms with Gasteiger partial charge in [0, 0.05) is 20.7 Å².